The zero-order chi connectivity index (χ0) is 21.6. The molecule has 0 aromatic carbocycles. The lowest BCUT2D eigenvalue weighted by Crippen LogP contribution is -2.28. The molecule has 1 amide bonds. The molecule has 1 aliphatic heterocycles. The van der Waals surface area contributed by atoms with E-state index in [0.29, 0.717) is 63.6 Å². The quantitative estimate of drug-likeness (QED) is 0.123. The molecule has 0 atom stereocenters. The molecule has 10 nitrogen and oxygen atoms in total. The predicted octanol–water partition coefficient (Wildman–Crippen LogP) is 0.984. The van der Waals surface area contributed by atoms with E-state index in [1.807, 2.05) is 18.2 Å². The van der Waals surface area contributed by atoms with Crippen LogP contribution in [0.2, 0.25) is 0 Å². The first-order chi connectivity index (χ1) is 14.7. The first kappa shape index (κ1) is 23.5. The van der Waals surface area contributed by atoms with Crippen LogP contribution in [0.5, 0.6) is 0 Å². The Balaban J connectivity index is 2.15. The van der Waals surface area contributed by atoms with Crippen molar-refractivity contribution in [2.75, 3.05) is 57.1 Å². The van der Waals surface area contributed by atoms with E-state index < -0.39 is 0 Å². The fourth-order valence-electron chi connectivity index (χ4n) is 2.68. The Labute approximate surface area is 176 Å². The van der Waals surface area contributed by atoms with E-state index in [-0.39, 0.29) is 11.7 Å². The third-order valence-electron chi connectivity index (χ3n) is 4.14. The molecule has 10 heteroatoms. The average molecular weight is 418 g/mol. The van der Waals surface area contributed by atoms with Crippen LogP contribution in [0.15, 0.2) is 23.2 Å². The van der Waals surface area contributed by atoms with Crippen LogP contribution in [0.4, 0.5) is 11.5 Å². The van der Waals surface area contributed by atoms with Gasteiger partial charge in [0.2, 0.25) is 5.91 Å². The molecule has 0 bridgehead atoms. The van der Waals surface area contributed by atoms with Crippen LogP contribution in [0.1, 0.15) is 25.5 Å². The molecular weight excluding hydrogens is 388 g/mol. The summed E-state index contributed by atoms with van der Waals surface area (Å²) in [7, 11) is 1.52. The van der Waals surface area contributed by atoms with Crippen LogP contribution < -0.4 is 21.4 Å². The van der Waals surface area contributed by atoms with Gasteiger partial charge in [0.05, 0.1) is 31.6 Å². The number of anilines is 2. The largest absolute Gasteiger partial charge is 0.380 e. The number of hydrogen-bond acceptors (Lipinski definition) is 8. The Kier molecular flexibility index (Phi) is 10.5. The number of pyridine rings is 1. The third-order valence-corrected chi connectivity index (χ3v) is 4.14. The fourth-order valence-corrected chi connectivity index (χ4v) is 2.68. The Hall–Kier alpha value is -2.82. The van der Waals surface area contributed by atoms with Crippen molar-refractivity contribution < 1.29 is 19.2 Å². The summed E-state index contributed by atoms with van der Waals surface area (Å²) in [5.41, 5.74) is 5.00. The number of amides is 1. The van der Waals surface area contributed by atoms with Crippen molar-refractivity contribution in [2.24, 2.45) is 4.99 Å². The maximum atomic E-state index is 11.4. The number of aromatic nitrogens is 1. The summed E-state index contributed by atoms with van der Waals surface area (Å²) in [6.07, 6.45) is 3.83. The number of hydrogen-bond donors (Lipinski definition) is 4. The topological polar surface area (TPSA) is 126 Å². The normalized spacial score (nSPS) is 14.1. The van der Waals surface area contributed by atoms with Gasteiger partial charge in [-0.05, 0) is 24.1 Å². The molecule has 0 fully saturated rings. The predicted molar refractivity (Wildman–Crippen MR) is 116 cm³/mol. The van der Waals surface area contributed by atoms with E-state index in [0.717, 1.165) is 17.7 Å². The van der Waals surface area contributed by atoms with Gasteiger partial charge in [-0.15, -0.1) is 0 Å². The minimum atomic E-state index is -0.00161. The van der Waals surface area contributed by atoms with Gasteiger partial charge in [0, 0.05) is 32.7 Å². The molecule has 164 valence electrons. The second-order valence-corrected chi connectivity index (χ2v) is 6.45. The number of hydroxylamine groups is 1. The van der Waals surface area contributed by atoms with Crippen LogP contribution in [-0.4, -0.2) is 69.5 Å². The van der Waals surface area contributed by atoms with E-state index >= 15 is 0 Å². The molecule has 0 saturated carbocycles. The number of amidine groups is 1. The smallest absolute Gasteiger partial charge is 0.224 e. The van der Waals surface area contributed by atoms with E-state index in [1.165, 1.54) is 7.11 Å². The van der Waals surface area contributed by atoms with Crippen molar-refractivity contribution >= 4 is 35.1 Å². The summed E-state index contributed by atoms with van der Waals surface area (Å²) >= 11 is 0. The van der Waals surface area contributed by atoms with Gasteiger partial charge in [-0.3, -0.25) is 14.6 Å². The molecular formula is C20H30N6O4. The van der Waals surface area contributed by atoms with Crippen molar-refractivity contribution in [1.29, 1.82) is 0 Å². The number of carbonyl (C=O) groups excluding carboxylic acids is 2. The summed E-state index contributed by atoms with van der Waals surface area (Å²) in [5.74, 6) is 0.769. The molecule has 0 radical (unpaired) electrons. The summed E-state index contributed by atoms with van der Waals surface area (Å²) in [4.78, 5) is 36.5. The van der Waals surface area contributed by atoms with Crippen LogP contribution in [-0.2, 0) is 19.2 Å². The highest BCUT2D eigenvalue weighted by Gasteiger charge is 2.14. The lowest BCUT2D eigenvalue weighted by atomic mass is 10.1. The summed E-state index contributed by atoms with van der Waals surface area (Å²) in [6, 6.07) is 3.68. The molecule has 1 aromatic heterocycles. The SMILES string of the molecule is CCCOCCNc1nc(C2=CCC(=O)NC2)ccc1NC(C=O)=NCCNOC. The van der Waals surface area contributed by atoms with Gasteiger partial charge in [-0.25, -0.2) is 10.5 Å². The number of nitrogens with one attached hydrogen (secondary N) is 4. The monoisotopic (exact) mass is 418 g/mol. The van der Waals surface area contributed by atoms with E-state index in [4.69, 9.17) is 9.57 Å². The minimum absolute atomic E-state index is 0.00161. The van der Waals surface area contributed by atoms with Crippen LogP contribution in [0, 0.1) is 0 Å². The lowest BCUT2D eigenvalue weighted by molar-refractivity contribution is -0.120. The Morgan fingerprint density at radius 1 is 1.33 bits per heavy atom. The Morgan fingerprint density at radius 2 is 2.20 bits per heavy atom. The molecule has 1 aliphatic rings. The highest BCUT2D eigenvalue weighted by atomic mass is 16.6. The standard InChI is InChI=1S/C20H30N6O4/c1-3-11-30-12-10-22-20-17(25-18(14-27)21-8-9-24-29-2)6-5-16(26-20)15-4-7-19(28)23-13-15/h4-6,14,24H,3,7-13H2,1-2H3,(H,21,25)(H,22,26)(H,23,28). The highest BCUT2D eigenvalue weighted by Crippen LogP contribution is 2.24. The Morgan fingerprint density at radius 3 is 2.90 bits per heavy atom. The molecule has 0 saturated heterocycles. The molecule has 2 heterocycles. The van der Waals surface area contributed by atoms with Gasteiger partial charge in [-0.1, -0.05) is 13.0 Å². The number of aliphatic imine (C=N–C) groups is 1. The first-order valence-corrected chi connectivity index (χ1v) is 9.99. The van der Waals surface area contributed by atoms with Crippen molar-refractivity contribution in [3.63, 3.8) is 0 Å². The van der Waals surface area contributed by atoms with Crippen LogP contribution in [0.25, 0.3) is 5.57 Å². The second-order valence-electron chi connectivity index (χ2n) is 6.45. The molecule has 1 aromatic rings. The van der Waals surface area contributed by atoms with Crippen molar-refractivity contribution in [2.45, 2.75) is 19.8 Å². The maximum Gasteiger partial charge on any atom is 0.224 e. The molecule has 0 aliphatic carbocycles. The number of aldehydes is 1. The average Bonchev–Trinajstić information content (AvgIpc) is 2.77. The van der Waals surface area contributed by atoms with Gasteiger partial charge < -0.3 is 25.5 Å². The van der Waals surface area contributed by atoms with Crippen LogP contribution >= 0.6 is 0 Å². The molecule has 30 heavy (non-hydrogen) atoms. The van der Waals surface area contributed by atoms with Crippen molar-refractivity contribution in [1.82, 2.24) is 15.8 Å². The van der Waals surface area contributed by atoms with Gasteiger partial charge >= 0.3 is 0 Å². The van der Waals surface area contributed by atoms with Gasteiger partial charge in [0.15, 0.2) is 17.9 Å². The second kappa shape index (κ2) is 13.4. The number of ether oxygens (including phenoxy) is 1. The zero-order valence-electron chi connectivity index (χ0n) is 17.5. The number of carbonyl (C=O) groups is 2. The molecule has 4 N–H and O–H groups in total. The summed E-state index contributed by atoms with van der Waals surface area (Å²) in [6.45, 7) is 5.14. The minimum Gasteiger partial charge on any atom is -0.380 e. The lowest BCUT2D eigenvalue weighted by Gasteiger charge is -2.17. The molecule has 2 rings (SSSR count). The summed E-state index contributed by atoms with van der Waals surface area (Å²) in [5, 5.41) is 9.09. The van der Waals surface area contributed by atoms with E-state index in [2.05, 4.69) is 38.3 Å². The van der Waals surface area contributed by atoms with Crippen molar-refractivity contribution in [3.8, 4) is 0 Å². The first-order valence-electron chi connectivity index (χ1n) is 9.99. The number of nitrogens with zero attached hydrogens (tertiary/aromatic N) is 2. The van der Waals surface area contributed by atoms with Gasteiger partial charge in [0.25, 0.3) is 0 Å². The fraction of sp³-hybridized carbons (Fsp3) is 0.500. The summed E-state index contributed by atoms with van der Waals surface area (Å²) < 4.78 is 5.51. The third kappa shape index (κ3) is 7.90. The molecule has 0 unspecified atom stereocenters. The number of rotatable bonds is 13. The van der Waals surface area contributed by atoms with E-state index in [9.17, 15) is 9.59 Å². The van der Waals surface area contributed by atoms with Crippen molar-refractivity contribution in [3.05, 3.63) is 23.9 Å². The van der Waals surface area contributed by atoms with Crippen LogP contribution in [0.3, 0.4) is 0 Å². The highest BCUT2D eigenvalue weighted by molar-refractivity contribution is 6.33. The van der Waals surface area contributed by atoms with Gasteiger partial charge in [-0.2, -0.15) is 0 Å². The van der Waals surface area contributed by atoms with E-state index in [1.54, 1.807) is 0 Å². The maximum absolute atomic E-state index is 11.4. The Bertz CT molecular complexity index is 766. The molecule has 0 spiro atoms. The van der Waals surface area contributed by atoms with Gasteiger partial charge in [0.1, 0.15) is 0 Å². The zero-order valence-corrected chi connectivity index (χ0v) is 17.5.